The van der Waals surface area contributed by atoms with Gasteiger partial charge >= 0.3 is 5.97 Å². The van der Waals surface area contributed by atoms with Gasteiger partial charge in [0.25, 0.3) is 0 Å². The lowest BCUT2D eigenvalue weighted by molar-refractivity contribution is -0.136. The molecule has 4 nitrogen and oxygen atoms in total. The molecule has 26 heavy (non-hydrogen) atoms. The molecule has 0 aromatic rings. The Labute approximate surface area is 157 Å². The highest BCUT2D eigenvalue weighted by atomic mass is 16.4. The van der Waals surface area contributed by atoms with E-state index in [-0.39, 0.29) is 6.42 Å². The molecule has 2 unspecified atom stereocenters. The molecule has 0 saturated heterocycles. The van der Waals surface area contributed by atoms with Crippen LogP contribution in [0.25, 0.3) is 0 Å². The van der Waals surface area contributed by atoms with Crippen molar-refractivity contribution >= 4 is 5.97 Å². The van der Waals surface area contributed by atoms with Gasteiger partial charge in [0.2, 0.25) is 0 Å². The second kappa shape index (κ2) is 17.9. The van der Waals surface area contributed by atoms with E-state index < -0.39 is 18.2 Å². The summed E-state index contributed by atoms with van der Waals surface area (Å²) in [4.78, 5) is 10.3. The van der Waals surface area contributed by atoms with E-state index in [0.717, 1.165) is 6.42 Å². The molecule has 0 aliphatic carbocycles. The van der Waals surface area contributed by atoms with Gasteiger partial charge in [-0.3, -0.25) is 4.79 Å². The third-order valence-electron chi connectivity index (χ3n) is 3.59. The molecule has 0 aromatic carbocycles. The summed E-state index contributed by atoms with van der Waals surface area (Å²) in [6.45, 7) is 2.18. The van der Waals surface area contributed by atoms with Crippen molar-refractivity contribution in [3.63, 3.8) is 0 Å². The topological polar surface area (TPSA) is 77.8 Å². The molecule has 0 fully saturated rings. The summed E-state index contributed by atoms with van der Waals surface area (Å²) in [7, 11) is 0. The average molecular weight is 363 g/mol. The van der Waals surface area contributed by atoms with Crippen LogP contribution in [0.4, 0.5) is 0 Å². The van der Waals surface area contributed by atoms with E-state index in [9.17, 15) is 15.0 Å². The fourth-order valence-corrected chi connectivity index (χ4v) is 2.10. The lowest BCUT2D eigenvalue weighted by atomic mass is 10.1. The molecule has 0 rings (SSSR count). The van der Waals surface area contributed by atoms with Gasteiger partial charge in [-0.2, -0.15) is 0 Å². The quantitative estimate of drug-likeness (QED) is 0.224. The number of aliphatic hydroxyl groups excluding tert-OH is 2. The molecule has 0 bridgehead atoms. The highest BCUT2D eigenvalue weighted by Gasteiger charge is 1.95. The number of carboxylic acid groups (broad SMARTS) is 1. The van der Waals surface area contributed by atoms with Crippen LogP contribution in [0, 0.1) is 0 Å². The van der Waals surface area contributed by atoms with Gasteiger partial charge in [0.05, 0.1) is 12.2 Å². The van der Waals surface area contributed by atoms with Crippen molar-refractivity contribution in [2.75, 3.05) is 0 Å². The van der Waals surface area contributed by atoms with Gasteiger partial charge in [0, 0.05) is 6.42 Å². The number of aliphatic hydroxyl groups is 2. The zero-order chi connectivity index (χ0) is 19.5. The molecule has 0 aliphatic rings. The lowest BCUT2D eigenvalue weighted by Gasteiger charge is -1.99. The number of carbonyl (C=O) groups is 1. The monoisotopic (exact) mass is 362 g/mol. The van der Waals surface area contributed by atoms with E-state index in [1.807, 2.05) is 6.08 Å². The van der Waals surface area contributed by atoms with Crippen LogP contribution in [0.3, 0.4) is 0 Å². The highest BCUT2D eigenvalue weighted by Crippen LogP contribution is 2.02. The van der Waals surface area contributed by atoms with Crippen LogP contribution in [0.15, 0.2) is 60.8 Å². The van der Waals surface area contributed by atoms with Crippen molar-refractivity contribution in [3.8, 4) is 0 Å². The Hall–Kier alpha value is -1.91. The van der Waals surface area contributed by atoms with E-state index in [2.05, 4.69) is 13.0 Å². The maximum absolute atomic E-state index is 10.3. The van der Waals surface area contributed by atoms with Gasteiger partial charge in [-0.1, -0.05) is 80.5 Å². The van der Waals surface area contributed by atoms with E-state index >= 15 is 0 Å². The summed E-state index contributed by atoms with van der Waals surface area (Å²) < 4.78 is 0. The smallest absolute Gasteiger partial charge is 0.303 e. The SMILES string of the molecule is CCCCC/C=C\CC(O)\C=C/C=C\C=C\C(O)C/C=C\CCC(=O)O. The van der Waals surface area contributed by atoms with Crippen molar-refractivity contribution in [1.82, 2.24) is 0 Å². The number of allylic oxidation sites excluding steroid dienone is 6. The Morgan fingerprint density at radius 1 is 0.808 bits per heavy atom. The molecule has 0 radical (unpaired) electrons. The number of unbranched alkanes of at least 4 members (excludes halogenated alkanes) is 3. The summed E-state index contributed by atoms with van der Waals surface area (Å²) in [5.41, 5.74) is 0. The molecule has 146 valence electrons. The molecule has 0 saturated carbocycles. The lowest BCUT2D eigenvalue weighted by Crippen LogP contribution is -1.99. The van der Waals surface area contributed by atoms with Crippen molar-refractivity contribution in [1.29, 1.82) is 0 Å². The van der Waals surface area contributed by atoms with Gasteiger partial charge in [-0.25, -0.2) is 0 Å². The van der Waals surface area contributed by atoms with Gasteiger partial charge in [-0.15, -0.1) is 0 Å². The first kappa shape index (κ1) is 24.1. The van der Waals surface area contributed by atoms with Crippen LogP contribution in [-0.2, 0) is 4.79 Å². The standard InChI is InChI=1S/C22H34O4/c1-2-3-4-5-6-10-15-20(23)16-11-7-8-12-17-21(24)18-13-9-14-19-22(25)26/h6-13,16-17,20-21,23-24H,2-5,14-15,18-19H2,1H3,(H,25,26)/b8-7-,10-6-,13-9-,16-11-,17-12+. The number of carboxylic acids is 1. The highest BCUT2D eigenvalue weighted by molar-refractivity contribution is 5.66. The first-order valence-electron chi connectivity index (χ1n) is 9.45. The molecule has 3 N–H and O–H groups in total. The average Bonchev–Trinajstić information content (AvgIpc) is 2.60. The third kappa shape index (κ3) is 18.4. The molecular weight excluding hydrogens is 328 g/mol. The first-order chi connectivity index (χ1) is 12.6. The number of hydrogen-bond acceptors (Lipinski definition) is 3. The van der Waals surface area contributed by atoms with Crippen LogP contribution in [-0.4, -0.2) is 33.5 Å². The Kier molecular flexibility index (Phi) is 16.6. The van der Waals surface area contributed by atoms with Crippen LogP contribution in [0.1, 0.15) is 58.3 Å². The molecule has 0 spiro atoms. The van der Waals surface area contributed by atoms with Crippen molar-refractivity contribution in [2.45, 2.75) is 70.5 Å². The summed E-state index contributed by atoms with van der Waals surface area (Å²) in [6.07, 6.45) is 23.6. The van der Waals surface area contributed by atoms with Crippen LogP contribution in [0.2, 0.25) is 0 Å². The second-order valence-electron chi connectivity index (χ2n) is 6.13. The zero-order valence-electron chi connectivity index (χ0n) is 15.8. The van der Waals surface area contributed by atoms with E-state index in [0.29, 0.717) is 19.3 Å². The molecule has 0 amide bonds. The van der Waals surface area contributed by atoms with Crippen LogP contribution < -0.4 is 0 Å². The van der Waals surface area contributed by atoms with E-state index in [1.54, 1.807) is 48.6 Å². The van der Waals surface area contributed by atoms with E-state index in [4.69, 9.17) is 5.11 Å². The maximum Gasteiger partial charge on any atom is 0.303 e. The molecular formula is C22H34O4. The minimum atomic E-state index is -0.818. The number of aliphatic carboxylic acids is 1. The molecule has 0 aliphatic heterocycles. The van der Waals surface area contributed by atoms with Gasteiger partial charge in [0.15, 0.2) is 0 Å². The number of rotatable bonds is 15. The summed E-state index contributed by atoms with van der Waals surface area (Å²) >= 11 is 0. The largest absolute Gasteiger partial charge is 0.481 e. The summed E-state index contributed by atoms with van der Waals surface area (Å²) in [5, 5.41) is 28.0. The van der Waals surface area contributed by atoms with Crippen molar-refractivity contribution in [3.05, 3.63) is 60.8 Å². The predicted molar refractivity (Wildman–Crippen MR) is 108 cm³/mol. The van der Waals surface area contributed by atoms with E-state index in [1.165, 1.54) is 19.3 Å². The molecule has 4 heteroatoms. The molecule has 0 heterocycles. The zero-order valence-corrected chi connectivity index (χ0v) is 15.8. The van der Waals surface area contributed by atoms with Gasteiger partial charge in [-0.05, 0) is 32.1 Å². The minimum Gasteiger partial charge on any atom is -0.481 e. The minimum absolute atomic E-state index is 0.109. The Bertz CT molecular complexity index is 486. The summed E-state index contributed by atoms with van der Waals surface area (Å²) in [6, 6.07) is 0. The predicted octanol–water partition coefficient (Wildman–Crippen LogP) is 4.71. The van der Waals surface area contributed by atoms with Gasteiger partial charge in [0.1, 0.15) is 0 Å². The Morgan fingerprint density at radius 2 is 1.35 bits per heavy atom. The van der Waals surface area contributed by atoms with Crippen LogP contribution in [0.5, 0.6) is 0 Å². The fraction of sp³-hybridized carbons (Fsp3) is 0.500. The Balaban J connectivity index is 3.86. The first-order valence-corrected chi connectivity index (χ1v) is 9.45. The third-order valence-corrected chi connectivity index (χ3v) is 3.59. The Morgan fingerprint density at radius 3 is 1.85 bits per heavy atom. The van der Waals surface area contributed by atoms with Gasteiger partial charge < -0.3 is 15.3 Å². The van der Waals surface area contributed by atoms with Crippen molar-refractivity contribution < 1.29 is 20.1 Å². The molecule has 2 atom stereocenters. The second-order valence-corrected chi connectivity index (χ2v) is 6.13. The normalized spacial score (nSPS) is 15.2. The fourth-order valence-electron chi connectivity index (χ4n) is 2.10. The summed E-state index contributed by atoms with van der Waals surface area (Å²) in [5.74, 6) is -0.818. The number of hydrogen-bond donors (Lipinski definition) is 3. The van der Waals surface area contributed by atoms with Crippen molar-refractivity contribution in [2.24, 2.45) is 0 Å². The maximum atomic E-state index is 10.3. The molecule has 0 aromatic heterocycles. The van der Waals surface area contributed by atoms with Crippen LogP contribution >= 0.6 is 0 Å².